The summed E-state index contributed by atoms with van der Waals surface area (Å²) in [7, 11) is 0. The summed E-state index contributed by atoms with van der Waals surface area (Å²) in [6.45, 7) is -1.23. The number of halogens is 4. The van der Waals surface area contributed by atoms with Crippen LogP contribution in [0.25, 0.3) is 0 Å². The SMILES string of the molecule is O=C(CN(CC(F)(F)F)C1CC1)c1ccc(Cl)cc1. The van der Waals surface area contributed by atoms with Crippen LogP contribution in [-0.2, 0) is 0 Å². The van der Waals surface area contributed by atoms with Crippen LogP contribution in [-0.4, -0.2) is 36.0 Å². The van der Waals surface area contributed by atoms with E-state index in [0.29, 0.717) is 10.6 Å². The zero-order valence-corrected chi connectivity index (χ0v) is 10.8. The van der Waals surface area contributed by atoms with Crippen molar-refractivity contribution < 1.29 is 18.0 Å². The molecule has 1 aliphatic carbocycles. The lowest BCUT2D eigenvalue weighted by Crippen LogP contribution is -2.39. The maximum absolute atomic E-state index is 12.4. The molecule has 1 saturated carbocycles. The van der Waals surface area contributed by atoms with E-state index in [9.17, 15) is 18.0 Å². The van der Waals surface area contributed by atoms with Gasteiger partial charge in [-0.1, -0.05) is 11.6 Å². The fourth-order valence-electron chi connectivity index (χ4n) is 1.90. The van der Waals surface area contributed by atoms with E-state index >= 15 is 0 Å². The molecule has 2 rings (SSSR count). The van der Waals surface area contributed by atoms with Gasteiger partial charge in [-0.05, 0) is 37.1 Å². The fraction of sp³-hybridized carbons (Fsp3) is 0.462. The summed E-state index contributed by atoms with van der Waals surface area (Å²) < 4.78 is 37.3. The predicted octanol–water partition coefficient (Wildman–Crippen LogP) is 3.55. The molecule has 0 aliphatic heterocycles. The van der Waals surface area contributed by atoms with E-state index < -0.39 is 12.7 Å². The van der Waals surface area contributed by atoms with Crippen LogP contribution < -0.4 is 0 Å². The number of Topliss-reactive ketones (excluding diaryl/α,β-unsaturated/α-hetero) is 1. The number of carbonyl (C=O) groups is 1. The first-order valence-corrected chi connectivity index (χ1v) is 6.32. The van der Waals surface area contributed by atoms with E-state index in [-0.39, 0.29) is 18.4 Å². The number of hydrogen-bond donors (Lipinski definition) is 0. The Morgan fingerprint density at radius 2 is 1.84 bits per heavy atom. The topological polar surface area (TPSA) is 20.3 Å². The van der Waals surface area contributed by atoms with Gasteiger partial charge in [-0.3, -0.25) is 9.69 Å². The first kappa shape index (κ1) is 14.3. The van der Waals surface area contributed by atoms with Crippen molar-refractivity contribution in [2.24, 2.45) is 0 Å². The molecule has 0 N–H and O–H groups in total. The Labute approximate surface area is 114 Å². The summed E-state index contributed by atoms with van der Waals surface area (Å²) in [4.78, 5) is 13.1. The average molecular weight is 292 g/mol. The van der Waals surface area contributed by atoms with E-state index in [2.05, 4.69) is 0 Å². The Morgan fingerprint density at radius 3 is 2.32 bits per heavy atom. The van der Waals surface area contributed by atoms with Crippen LogP contribution in [0.4, 0.5) is 13.2 Å². The molecule has 1 aliphatic rings. The molecular formula is C13H13ClF3NO. The average Bonchev–Trinajstić information content (AvgIpc) is 3.10. The molecule has 0 spiro atoms. The van der Waals surface area contributed by atoms with E-state index in [0.717, 1.165) is 12.8 Å². The van der Waals surface area contributed by atoms with Crippen LogP contribution in [0.5, 0.6) is 0 Å². The lowest BCUT2D eigenvalue weighted by Gasteiger charge is -2.22. The van der Waals surface area contributed by atoms with Crippen LogP contribution >= 0.6 is 11.6 Å². The molecular weight excluding hydrogens is 279 g/mol. The quantitative estimate of drug-likeness (QED) is 0.773. The lowest BCUT2D eigenvalue weighted by atomic mass is 10.1. The summed E-state index contributed by atoms with van der Waals surface area (Å²) in [5.74, 6) is -0.312. The van der Waals surface area contributed by atoms with Gasteiger partial charge >= 0.3 is 6.18 Å². The first-order chi connectivity index (χ1) is 8.85. The predicted molar refractivity (Wildman–Crippen MR) is 66.4 cm³/mol. The van der Waals surface area contributed by atoms with Gasteiger partial charge in [0, 0.05) is 16.6 Å². The van der Waals surface area contributed by atoms with Gasteiger partial charge < -0.3 is 0 Å². The van der Waals surface area contributed by atoms with Crippen molar-refractivity contribution in [1.29, 1.82) is 0 Å². The van der Waals surface area contributed by atoms with Crippen LogP contribution in [0.2, 0.25) is 5.02 Å². The van der Waals surface area contributed by atoms with Crippen molar-refractivity contribution in [2.75, 3.05) is 13.1 Å². The molecule has 0 unspecified atom stereocenters. The van der Waals surface area contributed by atoms with Gasteiger partial charge in [-0.15, -0.1) is 0 Å². The maximum Gasteiger partial charge on any atom is 0.401 e. The molecule has 0 radical (unpaired) electrons. The van der Waals surface area contributed by atoms with Crippen molar-refractivity contribution in [3.05, 3.63) is 34.9 Å². The van der Waals surface area contributed by atoms with Crippen LogP contribution in [0, 0.1) is 0 Å². The second kappa shape index (κ2) is 5.51. The molecule has 1 aromatic carbocycles. The summed E-state index contributed by atoms with van der Waals surface area (Å²) in [6, 6.07) is 6.06. The Hall–Kier alpha value is -1.07. The third-order valence-electron chi connectivity index (χ3n) is 2.96. The lowest BCUT2D eigenvalue weighted by molar-refractivity contribution is -0.145. The van der Waals surface area contributed by atoms with Crippen molar-refractivity contribution in [2.45, 2.75) is 25.1 Å². The van der Waals surface area contributed by atoms with E-state index in [4.69, 9.17) is 11.6 Å². The van der Waals surface area contributed by atoms with Crippen molar-refractivity contribution in [3.63, 3.8) is 0 Å². The fourth-order valence-corrected chi connectivity index (χ4v) is 2.02. The Kier molecular flexibility index (Phi) is 4.16. The zero-order chi connectivity index (χ0) is 14.0. The molecule has 0 bridgehead atoms. The minimum Gasteiger partial charge on any atom is -0.293 e. The third kappa shape index (κ3) is 4.51. The highest BCUT2D eigenvalue weighted by Crippen LogP contribution is 2.30. The van der Waals surface area contributed by atoms with Gasteiger partial charge in [0.1, 0.15) is 0 Å². The molecule has 2 nitrogen and oxygen atoms in total. The molecule has 0 saturated heterocycles. The third-order valence-corrected chi connectivity index (χ3v) is 3.21. The molecule has 1 aromatic rings. The maximum atomic E-state index is 12.4. The normalized spacial score (nSPS) is 15.8. The van der Waals surface area contributed by atoms with E-state index in [1.807, 2.05) is 0 Å². The summed E-state index contributed by atoms with van der Waals surface area (Å²) in [5.41, 5.74) is 0.386. The number of nitrogens with zero attached hydrogens (tertiary/aromatic N) is 1. The van der Waals surface area contributed by atoms with Crippen molar-refractivity contribution >= 4 is 17.4 Å². The second-order valence-corrected chi connectivity index (χ2v) is 5.12. The van der Waals surface area contributed by atoms with E-state index in [1.54, 1.807) is 12.1 Å². The minimum atomic E-state index is -4.27. The monoisotopic (exact) mass is 291 g/mol. The van der Waals surface area contributed by atoms with Gasteiger partial charge in [0.05, 0.1) is 13.1 Å². The molecule has 0 aromatic heterocycles. The molecule has 1 fully saturated rings. The Morgan fingerprint density at radius 1 is 1.26 bits per heavy atom. The largest absolute Gasteiger partial charge is 0.401 e. The zero-order valence-electron chi connectivity index (χ0n) is 10.1. The van der Waals surface area contributed by atoms with Crippen LogP contribution in [0.15, 0.2) is 24.3 Å². The minimum absolute atomic E-state index is 0.113. The summed E-state index contributed by atoms with van der Waals surface area (Å²) >= 11 is 5.70. The standard InChI is InChI=1S/C13H13ClF3NO/c14-10-3-1-9(2-4-10)12(19)7-18(11-5-6-11)8-13(15,16)17/h1-4,11H,5-8H2. The highest BCUT2D eigenvalue weighted by molar-refractivity contribution is 6.30. The number of carbonyl (C=O) groups excluding carboxylic acids is 1. The molecule has 0 heterocycles. The van der Waals surface area contributed by atoms with Crippen LogP contribution in [0.3, 0.4) is 0 Å². The van der Waals surface area contributed by atoms with Gasteiger partial charge in [0.15, 0.2) is 5.78 Å². The van der Waals surface area contributed by atoms with Crippen LogP contribution in [0.1, 0.15) is 23.2 Å². The molecule has 19 heavy (non-hydrogen) atoms. The Balaban J connectivity index is 2.00. The number of hydrogen-bond acceptors (Lipinski definition) is 2. The molecule has 6 heteroatoms. The van der Waals surface area contributed by atoms with E-state index in [1.165, 1.54) is 17.0 Å². The summed E-state index contributed by atoms with van der Waals surface area (Å²) in [6.07, 6.45) is -2.82. The highest BCUT2D eigenvalue weighted by atomic mass is 35.5. The molecule has 0 amide bonds. The number of ketones is 1. The van der Waals surface area contributed by atoms with Gasteiger partial charge in [0.25, 0.3) is 0 Å². The Bertz CT molecular complexity index is 454. The number of alkyl halides is 3. The van der Waals surface area contributed by atoms with Gasteiger partial charge in [0.2, 0.25) is 0 Å². The smallest absolute Gasteiger partial charge is 0.293 e. The number of benzene rings is 1. The molecule has 0 atom stereocenters. The second-order valence-electron chi connectivity index (χ2n) is 4.68. The summed E-state index contributed by atoms with van der Waals surface area (Å²) in [5, 5.41) is 0.492. The van der Waals surface area contributed by atoms with Gasteiger partial charge in [-0.25, -0.2) is 0 Å². The van der Waals surface area contributed by atoms with Crippen molar-refractivity contribution in [1.82, 2.24) is 4.90 Å². The highest BCUT2D eigenvalue weighted by Gasteiger charge is 2.38. The number of rotatable bonds is 5. The molecule has 104 valence electrons. The first-order valence-electron chi connectivity index (χ1n) is 5.95. The van der Waals surface area contributed by atoms with Crippen molar-refractivity contribution in [3.8, 4) is 0 Å². The van der Waals surface area contributed by atoms with Gasteiger partial charge in [-0.2, -0.15) is 13.2 Å².